The van der Waals surface area contributed by atoms with E-state index in [1.165, 1.54) is 19.4 Å². The molecule has 3 aliphatic rings. The van der Waals surface area contributed by atoms with Crippen LogP contribution in [0.15, 0.2) is 4.99 Å². The predicted octanol–water partition coefficient (Wildman–Crippen LogP) is 1.48. The topological polar surface area (TPSA) is 99.5 Å². The van der Waals surface area contributed by atoms with Crippen molar-refractivity contribution < 1.29 is 4.79 Å². The van der Waals surface area contributed by atoms with Crippen molar-refractivity contribution in [1.29, 1.82) is 0 Å². The molecule has 2 heterocycles. The third-order valence-corrected chi connectivity index (χ3v) is 7.28. The van der Waals surface area contributed by atoms with Crippen LogP contribution in [0.5, 0.6) is 0 Å². The molecule has 0 bridgehead atoms. The number of likely N-dealkylation sites (N-methyl/N-ethyl adjacent to an activating group) is 1. The minimum atomic E-state index is 0.106. The lowest BCUT2D eigenvalue weighted by molar-refractivity contribution is -0.126. The van der Waals surface area contributed by atoms with Gasteiger partial charge in [0.1, 0.15) is 12.4 Å². The summed E-state index contributed by atoms with van der Waals surface area (Å²) in [6.45, 7) is 7.82. The van der Waals surface area contributed by atoms with Gasteiger partial charge in [0, 0.05) is 37.6 Å². The van der Waals surface area contributed by atoms with Crippen molar-refractivity contribution in [1.82, 2.24) is 35.6 Å². The number of carbonyl (C=O) groups is 1. The number of carbonyl (C=O) groups excluding carboxylic acids is 1. The number of amides is 1. The maximum atomic E-state index is 12.6. The van der Waals surface area contributed by atoms with E-state index in [1.807, 2.05) is 18.5 Å². The van der Waals surface area contributed by atoms with Crippen LogP contribution in [-0.2, 0) is 18.4 Å². The molecule has 1 amide bonds. The molecule has 9 heteroatoms. The Morgan fingerprint density at radius 3 is 2.66 bits per heavy atom. The number of nitrogens with one attached hydrogen (secondary N) is 3. The van der Waals surface area contributed by atoms with Crippen molar-refractivity contribution in [3.8, 4) is 0 Å². The number of hydrogen-bond donors (Lipinski definition) is 3. The van der Waals surface area contributed by atoms with Crippen molar-refractivity contribution in [2.45, 2.75) is 89.9 Å². The van der Waals surface area contributed by atoms with Gasteiger partial charge in [-0.25, -0.2) is 4.99 Å². The first-order valence-electron chi connectivity index (χ1n) is 12.5. The molecule has 2 saturated carbocycles. The lowest BCUT2D eigenvalue weighted by Gasteiger charge is -2.31. The molecule has 3 unspecified atom stereocenters. The second-order valence-electron chi connectivity index (χ2n) is 9.68. The van der Waals surface area contributed by atoms with Gasteiger partial charge in [-0.15, -0.1) is 10.2 Å². The summed E-state index contributed by atoms with van der Waals surface area (Å²) in [5.41, 5.74) is 0. The molecule has 1 aliphatic heterocycles. The van der Waals surface area contributed by atoms with Crippen LogP contribution in [0, 0.1) is 12.8 Å². The van der Waals surface area contributed by atoms with E-state index in [4.69, 9.17) is 4.99 Å². The molecule has 3 N–H and O–H groups in total. The highest BCUT2D eigenvalue weighted by Gasteiger charge is 2.31. The van der Waals surface area contributed by atoms with Gasteiger partial charge in [0.05, 0.1) is 0 Å². The zero-order valence-electron chi connectivity index (χ0n) is 19.9. The fourth-order valence-electron chi connectivity index (χ4n) is 4.95. The van der Waals surface area contributed by atoms with Crippen LogP contribution >= 0.6 is 0 Å². The summed E-state index contributed by atoms with van der Waals surface area (Å²) in [4.78, 5) is 20.0. The van der Waals surface area contributed by atoms with E-state index in [0.717, 1.165) is 69.2 Å². The Morgan fingerprint density at radius 2 is 1.94 bits per heavy atom. The summed E-state index contributed by atoms with van der Waals surface area (Å²) in [6, 6.07) is 1.24. The highest BCUT2D eigenvalue weighted by Crippen LogP contribution is 2.27. The molecular formula is C23H40N8O. The van der Waals surface area contributed by atoms with E-state index in [2.05, 4.69) is 38.0 Å². The van der Waals surface area contributed by atoms with Gasteiger partial charge in [-0.1, -0.05) is 13.3 Å². The zero-order valence-corrected chi connectivity index (χ0v) is 19.9. The monoisotopic (exact) mass is 444 g/mol. The fourth-order valence-corrected chi connectivity index (χ4v) is 4.95. The first-order valence-corrected chi connectivity index (χ1v) is 12.5. The fraction of sp³-hybridized carbons (Fsp3) is 0.826. The molecule has 1 aromatic rings. The Labute approximate surface area is 191 Å². The number of hydrogen-bond acceptors (Lipinski definition) is 5. The minimum absolute atomic E-state index is 0.106. The summed E-state index contributed by atoms with van der Waals surface area (Å²) >= 11 is 0. The first-order chi connectivity index (χ1) is 15.5. The highest BCUT2D eigenvalue weighted by atomic mass is 16.2. The number of nitrogens with zero attached hydrogens (tertiary/aromatic N) is 5. The molecule has 9 nitrogen and oxygen atoms in total. The van der Waals surface area contributed by atoms with Gasteiger partial charge in [0.25, 0.3) is 0 Å². The maximum absolute atomic E-state index is 12.6. The van der Waals surface area contributed by atoms with Crippen LogP contribution in [0.4, 0.5) is 0 Å². The molecule has 178 valence electrons. The molecule has 3 atom stereocenters. The average Bonchev–Trinajstić information content (AvgIpc) is 3.40. The van der Waals surface area contributed by atoms with Gasteiger partial charge in [0.2, 0.25) is 5.91 Å². The number of guanidine groups is 1. The molecule has 0 radical (unpaired) electrons. The molecule has 0 spiro atoms. The van der Waals surface area contributed by atoms with Gasteiger partial charge in [0.15, 0.2) is 11.8 Å². The number of aliphatic imine (C=N–C) groups is 1. The van der Waals surface area contributed by atoms with Crippen LogP contribution < -0.4 is 16.0 Å². The van der Waals surface area contributed by atoms with Crippen molar-refractivity contribution in [3.05, 3.63) is 11.6 Å². The molecule has 0 aromatic carbocycles. The van der Waals surface area contributed by atoms with E-state index < -0.39 is 0 Å². The second-order valence-corrected chi connectivity index (χ2v) is 9.68. The molecule has 2 aliphatic carbocycles. The second kappa shape index (κ2) is 10.6. The van der Waals surface area contributed by atoms with Crippen LogP contribution in [0.25, 0.3) is 0 Å². The lowest BCUT2D eigenvalue weighted by atomic mass is 9.85. The molecule has 3 fully saturated rings. The first kappa shape index (κ1) is 23.0. The Morgan fingerprint density at radius 1 is 1.09 bits per heavy atom. The van der Waals surface area contributed by atoms with Gasteiger partial charge in [-0.2, -0.15) is 0 Å². The smallest absolute Gasteiger partial charge is 0.223 e. The number of likely N-dealkylation sites (tertiary alicyclic amines) is 1. The van der Waals surface area contributed by atoms with Crippen molar-refractivity contribution in [3.63, 3.8) is 0 Å². The van der Waals surface area contributed by atoms with E-state index in [9.17, 15) is 4.79 Å². The third kappa shape index (κ3) is 5.99. The molecule has 4 rings (SSSR count). The normalized spacial score (nSPS) is 26.8. The van der Waals surface area contributed by atoms with Gasteiger partial charge < -0.3 is 20.5 Å². The van der Waals surface area contributed by atoms with Crippen molar-refractivity contribution >= 4 is 11.9 Å². The Bertz CT molecular complexity index is 802. The summed E-state index contributed by atoms with van der Waals surface area (Å²) in [6.07, 6.45) is 8.76. The van der Waals surface area contributed by atoms with Crippen LogP contribution in [0.3, 0.4) is 0 Å². The van der Waals surface area contributed by atoms with E-state index in [0.29, 0.717) is 18.6 Å². The van der Waals surface area contributed by atoms with E-state index in [-0.39, 0.29) is 17.9 Å². The number of rotatable bonds is 8. The largest absolute Gasteiger partial charge is 0.355 e. The standard InChI is InChI=1S/C23H40N8O/c1-4-31-12-6-9-20(31)14-24-23(25-15-21-29-28-16(2)30(21)3)27-19-8-5-7-17(13-19)22(32)26-18-10-11-18/h17-20H,4-15H2,1-3H3,(H,26,32)(H2,24,25,27). The zero-order chi connectivity index (χ0) is 22.5. The van der Waals surface area contributed by atoms with E-state index >= 15 is 0 Å². The van der Waals surface area contributed by atoms with Gasteiger partial charge in [-0.05, 0) is 65.0 Å². The van der Waals surface area contributed by atoms with Crippen LogP contribution in [-0.4, -0.2) is 69.3 Å². The Hall–Kier alpha value is -2.16. The van der Waals surface area contributed by atoms with Crippen molar-refractivity contribution in [2.75, 3.05) is 19.6 Å². The molecule has 32 heavy (non-hydrogen) atoms. The summed E-state index contributed by atoms with van der Waals surface area (Å²) in [7, 11) is 1.97. The number of aromatic nitrogens is 3. The van der Waals surface area contributed by atoms with Gasteiger partial charge >= 0.3 is 0 Å². The van der Waals surface area contributed by atoms with Gasteiger partial charge in [-0.3, -0.25) is 9.69 Å². The summed E-state index contributed by atoms with van der Waals surface area (Å²) in [5.74, 6) is 2.91. The highest BCUT2D eigenvalue weighted by molar-refractivity contribution is 5.81. The van der Waals surface area contributed by atoms with E-state index in [1.54, 1.807) is 0 Å². The van der Waals surface area contributed by atoms with Crippen LogP contribution in [0.1, 0.15) is 69.9 Å². The Balaban J connectivity index is 1.38. The third-order valence-electron chi connectivity index (χ3n) is 7.28. The average molecular weight is 445 g/mol. The quantitative estimate of drug-likeness (QED) is 0.415. The van der Waals surface area contributed by atoms with Crippen LogP contribution in [0.2, 0.25) is 0 Å². The Kier molecular flexibility index (Phi) is 7.65. The SMILES string of the molecule is CCN1CCCC1CNC(=NCc1nnc(C)n1C)NC1CCCC(C(=O)NC2CC2)C1. The minimum Gasteiger partial charge on any atom is -0.355 e. The lowest BCUT2D eigenvalue weighted by Crippen LogP contribution is -2.50. The summed E-state index contributed by atoms with van der Waals surface area (Å²) in [5, 5.41) is 18.8. The van der Waals surface area contributed by atoms with Crippen molar-refractivity contribution in [2.24, 2.45) is 18.0 Å². The molecule has 1 saturated heterocycles. The number of aryl methyl sites for hydroxylation is 1. The molecule has 1 aromatic heterocycles. The predicted molar refractivity (Wildman–Crippen MR) is 125 cm³/mol. The maximum Gasteiger partial charge on any atom is 0.223 e. The summed E-state index contributed by atoms with van der Waals surface area (Å²) < 4.78 is 1.98. The molecular weight excluding hydrogens is 404 g/mol.